The van der Waals surface area contributed by atoms with Gasteiger partial charge in [0, 0.05) is 22.9 Å². The molecular weight excluding hydrogens is 348 g/mol. The van der Waals surface area contributed by atoms with Crippen molar-refractivity contribution in [3.63, 3.8) is 0 Å². The van der Waals surface area contributed by atoms with E-state index in [2.05, 4.69) is 26.5 Å². The standard InChI is InChI=1S/C16H17BrN2O3/c1-16(2)7-13(20)12(14(21)8-16)9-18-19-15(22)10-4-3-5-11(17)6-10/h3-6,9,20H,7-8H2,1-2H3,(H,19,22)/b18-9+. The molecule has 0 spiro atoms. The van der Waals surface area contributed by atoms with Crippen molar-refractivity contribution in [3.05, 3.63) is 45.6 Å². The van der Waals surface area contributed by atoms with E-state index in [1.165, 1.54) is 6.21 Å². The normalized spacial score (nSPS) is 17.9. The molecular formula is C16H17BrN2O3. The maximum atomic E-state index is 12.0. The monoisotopic (exact) mass is 364 g/mol. The Labute approximate surface area is 137 Å². The number of ketones is 1. The van der Waals surface area contributed by atoms with Gasteiger partial charge < -0.3 is 5.11 Å². The minimum absolute atomic E-state index is 0.0155. The molecule has 6 heteroatoms. The van der Waals surface area contributed by atoms with Crippen molar-refractivity contribution in [1.29, 1.82) is 0 Å². The highest BCUT2D eigenvalue weighted by Gasteiger charge is 2.32. The van der Waals surface area contributed by atoms with Crippen molar-refractivity contribution in [3.8, 4) is 0 Å². The Kier molecular flexibility index (Phi) is 4.81. The molecule has 2 N–H and O–H groups in total. The average molecular weight is 365 g/mol. The Balaban J connectivity index is 2.06. The average Bonchev–Trinajstić information content (AvgIpc) is 2.40. The van der Waals surface area contributed by atoms with Crippen LogP contribution in [0, 0.1) is 5.41 Å². The number of nitrogens with one attached hydrogen (secondary N) is 1. The van der Waals surface area contributed by atoms with Gasteiger partial charge in [-0.15, -0.1) is 0 Å². The van der Waals surface area contributed by atoms with Crippen LogP contribution >= 0.6 is 15.9 Å². The fraction of sp³-hybridized carbons (Fsp3) is 0.312. The van der Waals surface area contributed by atoms with Gasteiger partial charge in [0.1, 0.15) is 5.76 Å². The van der Waals surface area contributed by atoms with Gasteiger partial charge in [0.25, 0.3) is 5.91 Å². The Morgan fingerprint density at radius 3 is 2.77 bits per heavy atom. The lowest BCUT2D eigenvalue weighted by atomic mass is 9.77. The summed E-state index contributed by atoms with van der Waals surface area (Å²) in [6.45, 7) is 3.84. The summed E-state index contributed by atoms with van der Waals surface area (Å²) in [7, 11) is 0. The first-order chi connectivity index (χ1) is 10.3. The molecule has 1 aromatic rings. The number of amides is 1. The van der Waals surface area contributed by atoms with E-state index in [0.29, 0.717) is 18.4 Å². The zero-order valence-electron chi connectivity index (χ0n) is 12.4. The maximum absolute atomic E-state index is 12.0. The fourth-order valence-corrected chi connectivity index (χ4v) is 2.70. The molecule has 0 fully saturated rings. The Hall–Kier alpha value is -1.95. The van der Waals surface area contributed by atoms with Gasteiger partial charge in [0.05, 0.1) is 11.8 Å². The molecule has 0 aliphatic heterocycles. The van der Waals surface area contributed by atoms with Crippen LogP contribution < -0.4 is 5.43 Å². The quantitative estimate of drug-likeness (QED) is 0.637. The first-order valence-corrected chi connectivity index (χ1v) is 7.62. The van der Waals surface area contributed by atoms with E-state index < -0.39 is 0 Å². The van der Waals surface area contributed by atoms with Crippen LogP contribution in [0.3, 0.4) is 0 Å². The number of carbonyl (C=O) groups excluding carboxylic acids is 2. The molecule has 0 bridgehead atoms. The van der Waals surface area contributed by atoms with Crippen molar-refractivity contribution in [1.82, 2.24) is 5.43 Å². The molecule has 116 valence electrons. The zero-order valence-corrected chi connectivity index (χ0v) is 14.0. The number of hydrogen-bond acceptors (Lipinski definition) is 4. The summed E-state index contributed by atoms with van der Waals surface area (Å²) in [5.41, 5.74) is 2.70. The molecule has 0 saturated heterocycles. The molecule has 22 heavy (non-hydrogen) atoms. The Morgan fingerprint density at radius 1 is 1.41 bits per heavy atom. The second kappa shape index (κ2) is 6.44. The number of allylic oxidation sites excluding steroid dienone is 2. The predicted octanol–water partition coefficient (Wildman–Crippen LogP) is 3.37. The number of Topliss-reactive ketones (excluding diaryl/α,β-unsaturated/α-hetero) is 1. The lowest BCUT2D eigenvalue weighted by Gasteiger charge is -2.28. The summed E-state index contributed by atoms with van der Waals surface area (Å²) in [6, 6.07) is 6.87. The Morgan fingerprint density at radius 2 is 2.14 bits per heavy atom. The highest BCUT2D eigenvalue weighted by atomic mass is 79.9. The Bertz CT molecular complexity index is 678. The molecule has 0 atom stereocenters. The second-order valence-electron chi connectivity index (χ2n) is 6.01. The molecule has 2 rings (SSSR count). The number of nitrogens with zero attached hydrogens (tertiary/aromatic N) is 1. The molecule has 1 amide bonds. The van der Waals surface area contributed by atoms with Gasteiger partial charge in [-0.05, 0) is 23.6 Å². The van der Waals surface area contributed by atoms with Crippen LogP contribution in [-0.4, -0.2) is 23.0 Å². The SMILES string of the molecule is CC1(C)CC(=O)C(/C=N/NC(=O)c2cccc(Br)c2)=C(O)C1. The van der Waals surface area contributed by atoms with Gasteiger partial charge in [-0.2, -0.15) is 5.10 Å². The largest absolute Gasteiger partial charge is 0.511 e. The van der Waals surface area contributed by atoms with Crippen molar-refractivity contribution in [2.45, 2.75) is 26.7 Å². The molecule has 0 heterocycles. The lowest BCUT2D eigenvalue weighted by Crippen LogP contribution is -2.27. The van der Waals surface area contributed by atoms with Crippen LogP contribution in [0.25, 0.3) is 0 Å². The first-order valence-electron chi connectivity index (χ1n) is 6.83. The van der Waals surface area contributed by atoms with Gasteiger partial charge in [-0.3, -0.25) is 9.59 Å². The molecule has 0 unspecified atom stereocenters. The number of aliphatic hydroxyl groups excluding tert-OH is 1. The van der Waals surface area contributed by atoms with E-state index in [9.17, 15) is 14.7 Å². The number of carbonyl (C=O) groups is 2. The van der Waals surface area contributed by atoms with Crippen LogP contribution in [0.5, 0.6) is 0 Å². The number of hydrazone groups is 1. The molecule has 0 aromatic heterocycles. The second-order valence-corrected chi connectivity index (χ2v) is 6.93. The highest BCUT2D eigenvalue weighted by Crippen LogP contribution is 2.35. The van der Waals surface area contributed by atoms with E-state index in [-0.39, 0.29) is 28.4 Å². The lowest BCUT2D eigenvalue weighted by molar-refractivity contribution is -0.117. The summed E-state index contributed by atoms with van der Waals surface area (Å²) in [5.74, 6) is -0.544. The van der Waals surface area contributed by atoms with Crippen molar-refractivity contribution >= 4 is 33.8 Å². The van der Waals surface area contributed by atoms with Gasteiger partial charge in [-0.25, -0.2) is 5.43 Å². The van der Waals surface area contributed by atoms with E-state index in [1.807, 2.05) is 19.9 Å². The van der Waals surface area contributed by atoms with Crippen molar-refractivity contribution in [2.75, 3.05) is 0 Å². The van der Waals surface area contributed by atoms with Gasteiger partial charge >= 0.3 is 0 Å². The minimum Gasteiger partial charge on any atom is -0.511 e. The van der Waals surface area contributed by atoms with E-state index in [4.69, 9.17) is 0 Å². The number of benzene rings is 1. The van der Waals surface area contributed by atoms with Crippen LogP contribution in [0.4, 0.5) is 0 Å². The van der Waals surface area contributed by atoms with Gasteiger partial charge in [0.15, 0.2) is 5.78 Å². The summed E-state index contributed by atoms with van der Waals surface area (Å²) in [5, 5.41) is 13.7. The third-order valence-corrected chi connectivity index (χ3v) is 3.84. The smallest absolute Gasteiger partial charge is 0.271 e. The summed E-state index contributed by atoms with van der Waals surface area (Å²) in [4.78, 5) is 23.9. The third-order valence-electron chi connectivity index (χ3n) is 3.34. The minimum atomic E-state index is -0.388. The van der Waals surface area contributed by atoms with E-state index >= 15 is 0 Å². The highest BCUT2D eigenvalue weighted by molar-refractivity contribution is 9.10. The topological polar surface area (TPSA) is 78.8 Å². The molecule has 1 aromatic carbocycles. The third kappa shape index (κ3) is 4.04. The summed E-state index contributed by atoms with van der Waals surface area (Å²) < 4.78 is 0.786. The van der Waals surface area contributed by atoms with E-state index in [1.54, 1.807) is 18.2 Å². The number of rotatable bonds is 3. The van der Waals surface area contributed by atoms with E-state index in [0.717, 1.165) is 4.47 Å². The van der Waals surface area contributed by atoms with Crippen molar-refractivity contribution < 1.29 is 14.7 Å². The summed E-state index contributed by atoms with van der Waals surface area (Å²) >= 11 is 3.28. The molecule has 1 aliphatic rings. The predicted molar refractivity (Wildman–Crippen MR) is 87.8 cm³/mol. The fourth-order valence-electron chi connectivity index (χ4n) is 2.30. The molecule has 0 radical (unpaired) electrons. The van der Waals surface area contributed by atoms with Crippen molar-refractivity contribution in [2.24, 2.45) is 10.5 Å². The van der Waals surface area contributed by atoms with Crippen LogP contribution in [-0.2, 0) is 4.79 Å². The number of aliphatic hydroxyl groups is 1. The van der Waals surface area contributed by atoms with Gasteiger partial charge in [0.2, 0.25) is 0 Å². The maximum Gasteiger partial charge on any atom is 0.271 e. The van der Waals surface area contributed by atoms with Crippen LogP contribution in [0.1, 0.15) is 37.0 Å². The molecule has 5 nitrogen and oxygen atoms in total. The number of hydrogen-bond donors (Lipinski definition) is 2. The molecule has 1 aliphatic carbocycles. The first kappa shape index (κ1) is 16.4. The van der Waals surface area contributed by atoms with Crippen LogP contribution in [0.15, 0.2) is 45.2 Å². The van der Waals surface area contributed by atoms with Gasteiger partial charge in [-0.1, -0.05) is 35.8 Å². The van der Waals surface area contributed by atoms with Crippen LogP contribution in [0.2, 0.25) is 0 Å². The summed E-state index contributed by atoms with van der Waals surface area (Å²) in [6.07, 6.45) is 1.97. The number of halogens is 1. The zero-order chi connectivity index (χ0) is 16.3. The molecule has 0 saturated carbocycles.